The highest BCUT2D eigenvalue weighted by molar-refractivity contribution is 6.04. The van der Waals surface area contributed by atoms with Crippen LogP contribution in [0.4, 0.5) is 11.4 Å². The van der Waals surface area contributed by atoms with Crippen molar-refractivity contribution in [2.75, 3.05) is 24.1 Å². The summed E-state index contributed by atoms with van der Waals surface area (Å²) in [7, 11) is 0. The van der Waals surface area contributed by atoms with Gasteiger partial charge >= 0.3 is 0 Å². The van der Waals surface area contributed by atoms with E-state index in [0.29, 0.717) is 22.9 Å². The molecule has 3 rings (SSSR count). The van der Waals surface area contributed by atoms with E-state index in [-0.39, 0.29) is 18.2 Å². The van der Waals surface area contributed by atoms with E-state index in [9.17, 15) is 9.59 Å². The molecule has 0 spiro atoms. The summed E-state index contributed by atoms with van der Waals surface area (Å²) >= 11 is 0. The molecule has 136 valence electrons. The lowest BCUT2D eigenvalue weighted by Gasteiger charge is -2.30. The van der Waals surface area contributed by atoms with Gasteiger partial charge in [-0.3, -0.25) is 9.59 Å². The summed E-state index contributed by atoms with van der Waals surface area (Å²) in [4.78, 5) is 27.1. The predicted octanol–water partition coefficient (Wildman–Crippen LogP) is 3.32. The van der Waals surface area contributed by atoms with Crippen LogP contribution in [0, 0.1) is 5.92 Å². The van der Waals surface area contributed by atoms with Gasteiger partial charge in [-0.15, -0.1) is 0 Å². The lowest BCUT2D eigenvalue weighted by molar-refractivity contribution is -0.115. The molecule has 0 atom stereocenters. The SMILES string of the molecule is CC1CCN(C(=O)c2ccccc2NC(=O)Cc2ccc(N)cc2)CC1. The van der Waals surface area contributed by atoms with Crippen LogP contribution in [0.15, 0.2) is 48.5 Å². The molecule has 1 heterocycles. The zero-order valence-electron chi connectivity index (χ0n) is 15.1. The summed E-state index contributed by atoms with van der Waals surface area (Å²) in [5.41, 5.74) is 8.33. The van der Waals surface area contributed by atoms with E-state index < -0.39 is 0 Å². The lowest BCUT2D eigenvalue weighted by Crippen LogP contribution is -2.38. The van der Waals surface area contributed by atoms with Gasteiger partial charge in [0.25, 0.3) is 5.91 Å². The minimum absolute atomic E-state index is 0.0136. The third kappa shape index (κ3) is 4.42. The van der Waals surface area contributed by atoms with Gasteiger partial charge in [0.15, 0.2) is 0 Å². The molecule has 5 nitrogen and oxygen atoms in total. The summed E-state index contributed by atoms with van der Waals surface area (Å²) in [5.74, 6) is 0.497. The molecule has 5 heteroatoms. The van der Waals surface area contributed by atoms with Crippen molar-refractivity contribution in [1.29, 1.82) is 0 Å². The van der Waals surface area contributed by atoms with Gasteiger partial charge in [-0.1, -0.05) is 31.2 Å². The Hall–Kier alpha value is -2.82. The largest absolute Gasteiger partial charge is 0.399 e. The number of nitrogen functional groups attached to an aromatic ring is 1. The van der Waals surface area contributed by atoms with Gasteiger partial charge in [-0.25, -0.2) is 0 Å². The first kappa shape index (κ1) is 18.0. The molecular weight excluding hydrogens is 326 g/mol. The first-order valence-electron chi connectivity index (χ1n) is 9.05. The van der Waals surface area contributed by atoms with E-state index in [1.54, 1.807) is 24.3 Å². The highest BCUT2D eigenvalue weighted by Gasteiger charge is 2.23. The van der Waals surface area contributed by atoms with Gasteiger partial charge in [0.1, 0.15) is 0 Å². The molecule has 0 aromatic heterocycles. The smallest absolute Gasteiger partial charge is 0.255 e. The van der Waals surface area contributed by atoms with Crippen molar-refractivity contribution in [3.63, 3.8) is 0 Å². The summed E-state index contributed by atoms with van der Waals surface area (Å²) in [6, 6.07) is 14.4. The van der Waals surface area contributed by atoms with Crippen molar-refractivity contribution < 1.29 is 9.59 Å². The van der Waals surface area contributed by atoms with E-state index in [0.717, 1.165) is 31.5 Å². The second-order valence-corrected chi connectivity index (χ2v) is 6.99. The molecule has 1 saturated heterocycles. The van der Waals surface area contributed by atoms with Crippen molar-refractivity contribution in [3.05, 3.63) is 59.7 Å². The molecule has 0 saturated carbocycles. The molecule has 0 unspecified atom stereocenters. The first-order chi connectivity index (χ1) is 12.5. The van der Waals surface area contributed by atoms with E-state index in [1.807, 2.05) is 29.2 Å². The van der Waals surface area contributed by atoms with Crippen LogP contribution >= 0.6 is 0 Å². The summed E-state index contributed by atoms with van der Waals surface area (Å²) in [5, 5.41) is 2.88. The average molecular weight is 351 g/mol. The zero-order valence-corrected chi connectivity index (χ0v) is 15.1. The van der Waals surface area contributed by atoms with Crippen LogP contribution in [0.5, 0.6) is 0 Å². The van der Waals surface area contributed by atoms with Crippen LogP contribution in [0.25, 0.3) is 0 Å². The average Bonchev–Trinajstić information content (AvgIpc) is 2.64. The van der Waals surface area contributed by atoms with Gasteiger partial charge in [-0.2, -0.15) is 0 Å². The fourth-order valence-electron chi connectivity index (χ4n) is 3.18. The molecule has 1 aliphatic heterocycles. The number of nitrogens with zero attached hydrogens (tertiary/aromatic N) is 1. The number of nitrogens with two attached hydrogens (primary N) is 1. The van der Waals surface area contributed by atoms with Crippen LogP contribution in [0.1, 0.15) is 35.7 Å². The van der Waals surface area contributed by atoms with Gasteiger partial charge in [-0.05, 0) is 48.6 Å². The molecule has 2 aromatic rings. The molecule has 1 fully saturated rings. The fourth-order valence-corrected chi connectivity index (χ4v) is 3.18. The number of para-hydroxylation sites is 1. The van der Waals surface area contributed by atoms with Gasteiger partial charge in [0.2, 0.25) is 5.91 Å². The molecule has 2 amide bonds. The molecule has 0 radical (unpaired) electrons. The second kappa shape index (κ2) is 8.04. The van der Waals surface area contributed by atoms with E-state index in [1.165, 1.54) is 0 Å². The minimum atomic E-state index is -0.151. The molecule has 1 aliphatic rings. The number of hydrogen-bond donors (Lipinski definition) is 2. The van der Waals surface area contributed by atoms with Gasteiger partial charge in [0, 0.05) is 18.8 Å². The monoisotopic (exact) mass is 351 g/mol. The molecule has 26 heavy (non-hydrogen) atoms. The van der Waals surface area contributed by atoms with Crippen molar-refractivity contribution >= 4 is 23.2 Å². The van der Waals surface area contributed by atoms with Crippen molar-refractivity contribution in [1.82, 2.24) is 4.90 Å². The Bertz CT molecular complexity index is 778. The highest BCUT2D eigenvalue weighted by Crippen LogP contribution is 2.22. The fraction of sp³-hybridized carbons (Fsp3) is 0.333. The maximum atomic E-state index is 12.9. The van der Waals surface area contributed by atoms with Crippen LogP contribution in [0.3, 0.4) is 0 Å². The third-order valence-electron chi connectivity index (χ3n) is 4.85. The van der Waals surface area contributed by atoms with E-state index >= 15 is 0 Å². The molecule has 2 aromatic carbocycles. The molecular formula is C21H25N3O2. The number of hydrogen-bond acceptors (Lipinski definition) is 3. The van der Waals surface area contributed by atoms with Crippen LogP contribution in [-0.4, -0.2) is 29.8 Å². The second-order valence-electron chi connectivity index (χ2n) is 6.99. The number of anilines is 2. The van der Waals surface area contributed by atoms with Crippen LogP contribution in [-0.2, 0) is 11.2 Å². The van der Waals surface area contributed by atoms with Crippen molar-refractivity contribution in [2.45, 2.75) is 26.2 Å². The van der Waals surface area contributed by atoms with E-state index in [2.05, 4.69) is 12.2 Å². The number of likely N-dealkylation sites (tertiary alicyclic amines) is 1. The Balaban J connectivity index is 1.69. The highest BCUT2D eigenvalue weighted by atomic mass is 16.2. The van der Waals surface area contributed by atoms with Crippen LogP contribution in [0.2, 0.25) is 0 Å². The Labute approximate surface area is 154 Å². The third-order valence-corrected chi connectivity index (χ3v) is 4.85. The minimum Gasteiger partial charge on any atom is -0.399 e. The number of amides is 2. The summed E-state index contributed by atoms with van der Waals surface area (Å²) in [6.45, 7) is 3.76. The summed E-state index contributed by atoms with van der Waals surface area (Å²) in [6.07, 6.45) is 2.29. The Morgan fingerprint density at radius 2 is 1.73 bits per heavy atom. The predicted molar refractivity (Wildman–Crippen MR) is 104 cm³/mol. The maximum Gasteiger partial charge on any atom is 0.255 e. The first-order valence-corrected chi connectivity index (χ1v) is 9.05. The lowest BCUT2D eigenvalue weighted by atomic mass is 9.98. The van der Waals surface area contributed by atoms with Gasteiger partial charge < -0.3 is 16.0 Å². The molecule has 0 bridgehead atoms. The number of carbonyl (C=O) groups excluding carboxylic acids is 2. The van der Waals surface area contributed by atoms with E-state index in [4.69, 9.17) is 5.73 Å². The molecule has 0 aliphatic carbocycles. The Kier molecular flexibility index (Phi) is 5.56. The topological polar surface area (TPSA) is 75.4 Å². The standard InChI is InChI=1S/C21H25N3O2/c1-15-10-12-24(13-11-15)21(26)18-4-2-3-5-19(18)23-20(25)14-16-6-8-17(22)9-7-16/h2-9,15H,10-14,22H2,1H3,(H,23,25). The van der Waals surface area contributed by atoms with Crippen molar-refractivity contribution in [3.8, 4) is 0 Å². The molecule has 3 N–H and O–H groups in total. The number of piperidine rings is 1. The number of carbonyl (C=O) groups is 2. The normalized spacial score (nSPS) is 14.9. The maximum absolute atomic E-state index is 12.9. The number of rotatable bonds is 4. The quantitative estimate of drug-likeness (QED) is 0.830. The number of benzene rings is 2. The number of nitrogens with one attached hydrogen (secondary N) is 1. The summed E-state index contributed by atoms with van der Waals surface area (Å²) < 4.78 is 0. The van der Waals surface area contributed by atoms with Gasteiger partial charge in [0.05, 0.1) is 17.7 Å². The van der Waals surface area contributed by atoms with Crippen molar-refractivity contribution in [2.24, 2.45) is 5.92 Å². The van der Waals surface area contributed by atoms with Crippen LogP contribution < -0.4 is 11.1 Å². The zero-order chi connectivity index (χ0) is 18.5. The Morgan fingerprint density at radius 3 is 2.42 bits per heavy atom. The Morgan fingerprint density at radius 1 is 1.08 bits per heavy atom.